The zero-order valence-corrected chi connectivity index (χ0v) is 14.7. The van der Waals surface area contributed by atoms with E-state index < -0.39 is 6.04 Å². The maximum absolute atomic E-state index is 13.4. The second-order valence-corrected chi connectivity index (χ2v) is 6.14. The van der Waals surface area contributed by atoms with E-state index in [9.17, 15) is 9.18 Å². The molecule has 4 rings (SSSR count). The SMILES string of the molecule is O=C(N[C@H](c1ccc(F)cc1)c1nnc(-c2ccccc2)o1)c1ccccc1. The van der Waals surface area contributed by atoms with E-state index in [4.69, 9.17) is 4.42 Å². The second-order valence-electron chi connectivity index (χ2n) is 6.14. The summed E-state index contributed by atoms with van der Waals surface area (Å²) in [7, 11) is 0. The molecule has 0 aliphatic carbocycles. The number of aromatic nitrogens is 2. The molecule has 3 aromatic carbocycles. The number of nitrogens with zero attached hydrogens (tertiary/aromatic N) is 2. The number of benzene rings is 3. The molecule has 0 fully saturated rings. The molecule has 4 aromatic rings. The Hall–Kier alpha value is -3.80. The van der Waals surface area contributed by atoms with Gasteiger partial charge in [-0.25, -0.2) is 4.39 Å². The van der Waals surface area contributed by atoms with E-state index in [2.05, 4.69) is 15.5 Å². The first-order valence-electron chi connectivity index (χ1n) is 8.71. The molecule has 28 heavy (non-hydrogen) atoms. The zero-order chi connectivity index (χ0) is 19.3. The van der Waals surface area contributed by atoms with Crippen LogP contribution in [0, 0.1) is 5.82 Å². The van der Waals surface area contributed by atoms with Gasteiger partial charge in [-0.2, -0.15) is 0 Å². The van der Waals surface area contributed by atoms with Gasteiger partial charge >= 0.3 is 0 Å². The highest BCUT2D eigenvalue weighted by Gasteiger charge is 2.24. The average Bonchev–Trinajstić information content (AvgIpc) is 3.24. The number of rotatable bonds is 5. The number of carbonyl (C=O) groups is 1. The van der Waals surface area contributed by atoms with E-state index in [0.29, 0.717) is 17.0 Å². The lowest BCUT2D eigenvalue weighted by Gasteiger charge is -2.16. The van der Waals surface area contributed by atoms with E-state index in [1.807, 2.05) is 36.4 Å². The summed E-state index contributed by atoms with van der Waals surface area (Å²) < 4.78 is 19.2. The molecule has 1 aromatic heterocycles. The van der Waals surface area contributed by atoms with Crippen molar-refractivity contribution in [3.8, 4) is 11.5 Å². The maximum Gasteiger partial charge on any atom is 0.252 e. The number of nitrogens with one attached hydrogen (secondary N) is 1. The van der Waals surface area contributed by atoms with E-state index >= 15 is 0 Å². The number of hydrogen-bond donors (Lipinski definition) is 1. The van der Waals surface area contributed by atoms with Crippen molar-refractivity contribution in [1.82, 2.24) is 15.5 Å². The molecule has 0 saturated heterocycles. The summed E-state index contributed by atoms with van der Waals surface area (Å²) in [6.45, 7) is 0. The summed E-state index contributed by atoms with van der Waals surface area (Å²) >= 11 is 0. The first-order chi connectivity index (χ1) is 13.7. The predicted octanol–water partition coefficient (Wildman–Crippen LogP) is 4.40. The first kappa shape index (κ1) is 17.6. The molecule has 5 nitrogen and oxygen atoms in total. The molecule has 0 unspecified atom stereocenters. The monoisotopic (exact) mass is 373 g/mol. The molecular weight excluding hydrogens is 357 g/mol. The average molecular weight is 373 g/mol. The molecule has 0 spiro atoms. The Balaban J connectivity index is 1.68. The van der Waals surface area contributed by atoms with Gasteiger partial charge in [0.1, 0.15) is 11.9 Å². The van der Waals surface area contributed by atoms with Crippen LogP contribution in [0.5, 0.6) is 0 Å². The highest BCUT2D eigenvalue weighted by molar-refractivity contribution is 5.94. The molecule has 0 radical (unpaired) electrons. The predicted molar refractivity (Wildman–Crippen MR) is 102 cm³/mol. The van der Waals surface area contributed by atoms with Crippen LogP contribution in [0.3, 0.4) is 0 Å². The topological polar surface area (TPSA) is 68.0 Å². The van der Waals surface area contributed by atoms with Crippen molar-refractivity contribution in [3.63, 3.8) is 0 Å². The van der Waals surface area contributed by atoms with Crippen molar-refractivity contribution < 1.29 is 13.6 Å². The molecule has 1 N–H and O–H groups in total. The Bertz CT molecular complexity index is 1060. The minimum absolute atomic E-state index is 0.217. The van der Waals surface area contributed by atoms with Crippen LogP contribution in [-0.2, 0) is 0 Å². The van der Waals surface area contributed by atoms with Crippen LogP contribution in [0.2, 0.25) is 0 Å². The number of hydrogen-bond acceptors (Lipinski definition) is 4. The smallest absolute Gasteiger partial charge is 0.252 e. The number of amides is 1. The van der Waals surface area contributed by atoms with Gasteiger partial charge in [0.15, 0.2) is 0 Å². The Labute approximate surface area is 160 Å². The molecule has 1 heterocycles. The third-order valence-electron chi connectivity index (χ3n) is 4.22. The van der Waals surface area contributed by atoms with Gasteiger partial charge in [-0.05, 0) is 42.0 Å². The van der Waals surface area contributed by atoms with Gasteiger partial charge in [0.25, 0.3) is 5.91 Å². The summed E-state index contributed by atoms with van der Waals surface area (Å²) in [5, 5.41) is 11.1. The normalized spacial score (nSPS) is 11.8. The van der Waals surface area contributed by atoms with Crippen LogP contribution in [0.15, 0.2) is 89.3 Å². The van der Waals surface area contributed by atoms with Crippen molar-refractivity contribution in [3.05, 3.63) is 108 Å². The molecular formula is C22H16FN3O2. The highest BCUT2D eigenvalue weighted by Crippen LogP contribution is 2.25. The minimum Gasteiger partial charge on any atom is -0.418 e. The van der Waals surface area contributed by atoms with Gasteiger partial charge in [-0.3, -0.25) is 4.79 Å². The summed E-state index contributed by atoms with van der Waals surface area (Å²) in [5.74, 6) is -0.104. The Kier molecular flexibility index (Phi) is 4.93. The van der Waals surface area contributed by atoms with Crippen molar-refractivity contribution in [1.29, 1.82) is 0 Å². The van der Waals surface area contributed by atoms with Crippen LogP contribution >= 0.6 is 0 Å². The quantitative estimate of drug-likeness (QED) is 0.563. The van der Waals surface area contributed by atoms with Crippen molar-refractivity contribution in [2.45, 2.75) is 6.04 Å². The molecule has 1 atom stereocenters. The molecule has 0 aliphatic heterocycles. The van der Waals surface area contributed by atoms with Crippen molar-refractivity contribution in [2.75, 3.05) is 0 Å². The van der Waals surface area contributed by atoms with Gasteiger partial charge in [-0.15, -0.1) is 10.2 Å². The van der Waals surface area contributed by atoms with Crippen LogP contribution < -0.4 is 5.32 Å². The van der Waals surface area contributed by atoms with E-state index in [1.165, 1.54) is 12.1 Å². The lowest BCUT2D eigenvalue weighted by Crippen LogP contribution is -2.29. The highest BCUT2D eigenvalue weighted by atomic mass is 19.1. The Morgan fingerprint density at radius 1 is 0.857 bits per heavy atom. The lowest BCUT2D eigenvalue weighted by molar-refractivity contribution is 0.0938. The van der Waals surface area contributed by atoms with Crippen LogP contribution in [0.4, 0.5) is 4.39 Å². The summed E-state index contributed by atoms with van der Waals surface area (Å²) in [4.78, 5) is 12.7. The van der Waals surface area contributed by atoms with Crippen molar-refractivity contribution >= 4 is 5.91 Å². The van der Waals surface area contributed by atoms with Gasteiger partial charge in [0.05, 0.1) is 0 Å². The Morgan fingerprint density at radius 2 is 1.50 bits per heavy atom. The van der Waals surface area contributed by atoms with Gasteiger partial charge in [0.2, 0.25) is 11.8 Å². The zero-order valence-electron chi connectivity index (χ0n) is 14.7. The van der Waals surface area contributed by atoms with Crippen LogP contribution in [0.25, 0.3) is 11.5 Å². The second kappa shape index (κ2) is 7.84. The molecule has 138 valence electrons. The molecule has 0 aliphatic rings. The fourth-order valence-electron chi connectivity index (χ4n) is 2.80. The standard InChI is InChI=1S/C22H16FN3O2/c23-18-13-11-15(12-14-18)19(24-20(27)16-7-3-1-4-8-16)22-26-25-21(28-22)17-9-5-2-6-10-17/h1-14,19H,(H,24,27)/t19-/m1/s1. The largest absolute Gasteiger partial charge is 0.418 e. The maximum atomic E-state index is 13.4. The third kappa shape index (κ3) is 3.81. The van der Waals surface area contributed by atoms with Crippen LogP contribution in [-0.4, -0.2) is 16.1 Å². The molecule has 6 heteroatoms. The fraction of sp³-hybridized carbons (Fsp3) is 0.0455. The summed E-state index contributed by atoms with van der Waals surface area (Å²) in [6.07, 6.45) is 0. The van der Waals surface area contributed by atoms with Crippen LogP contribution in [0.1, 0.15) is 27.9 Å². The molecule has 1 amide bonds. The summed E-state index contributed by atoms with van der Waals surface area (Å²) in [5.41, 5.74) is 1.90. The molecule has 0 bridgehead atoms. The summed E-state index contributed by atoms with van der Waals surface area (Å²) in [6, 6.07) is 23.2. The number of halogens is 1. The van der Waals surface area contributed by atoms with E-state index in [1.54, 1.807) is 36.4 Å². The third-order valence-corrected chi connectivity index (χ3v) is 4.22. The van der Waals surface area contributed by atoms with E-state index in [-0.39, 0.29) is 17.6 Å². The lowest BCUT2D eigenvalue weighted by atomic mass is 10.1. The Morgan fingerprint density at radius 3 is 2.18 bits per heavy atom. The van der Waals surface area contributed by atoms with Gasteiger partial charge in [0, 0.05) is 11.1 Å². The van der Waals surface area contributed by atoms with E-state index in [0.717, 1.165) is 5.56 Å². The number of carbonyl (C=O) groups excluding carboxylic acids is 1. The van der Waals surface area contributed by atoms with Gasteiger partial charge < -0.3 is 9.73 Å². The minimum atomic E-state index is -0.710. The van der Waals surface area contributed by atoms with Gasteiger partial charge in [-0.1, -0.05) is 48.5 Å². The fourth-order valence-corrected chi connectivity index (χ4v) is 2.80. The molecule has 0 saturated carbocycles. The first-order valence-corrected chi connectivity index (χ1v) is 8.71. The van der Waals surface area contributed by atoms with Crippen molar-refractivity contribution in [2.24, 2.45) is 0 Å².